The lowest BCUT2D eigenvalue weighted by Gasteiger charge is -2.27. The third-order valence-electron chi connectivity index (χ3n) is 6.43. The van der Waals surface area contributed by atoms with Gasteiger partial charge in [-0.25, -0.2) is 0 Å². The summed E-state index contributed by atoms with van der Waals surface area (Å²) in [5, 5.41) is 37.0. The molecule has 0 aromatic heterocycles. The van der Waals surface area contributed by atoms with Gasteiger partial charge in [0, 0.05) is 55.9 Å². The molecule has 0 saturated heterocycles. The quantitative estimate of drug-likeness (QED) is 0.132. The Labute approximate surface area is 288 Å². The molecule has 14 heteroatoms. The van der Waals surface area contributed by atoms with Gasteiger partial charge >= 0.3 is 0 Å². The van der Waals surface area contributed by atoms with Gasteiger partial charge in [0.1, 0.15) is 29.6 Å². The maximum atomic E-state index is 12.2. The minimum absolute atomic E-state index is 0. The van der Waals surface area contributed by atoms with Gasteiger partial charge in [-0.1, -0.05) is 29.3 Å². The van der Waals surface area contributed by atoms with E-state index >= 15 is 0 Å². The van der Waals surface area contributed by atoms with E-state index in [-0.39, 0.29) is 83.5 Å². The Morgan fingerprint density at radius 1 is 0.911 bits per heavy atom. The minimum atomic E-state index is -0.277. The summed E-state index contributed by atoms with van der Waals surface area (Å²) in [5.41, 5.74) is 8.06. The fourth-order valence-corrected chi connectivity index (χ4v) is 4.45. The van der Waals surface area contributed by atoms with Crippen molar-refractivity contribution >= 4 is 75.5 Å². The average molecular weight is 748 g/mol. The number of nitrogens with two attached hydrogens (primary N) is 1. The number of phenolic OH excluding ortho intramolecular Hbond substituents is 3. The van der Waals surface area contributed by atoms with Crippen LogP contribution in [0.25, 0.3) is 0 Å². The molecule has 1 aliphatic carbocycles. The van der Waals surface area contributed by atoms with Crippen LogP contribution in [-0.4, -0.2) is 77.3 Å². The van der Waals surface area contributed by atoms with Crippen LogP contribution in [0, 0.1) is 0 Å². The van der Waals surface area contributed by atoms with Gasteiger partial charge in [-0.3, -0.25) is 9.59 Å². The SMILES string of the molecule is Br.CN(CCO)C1=CC(=O)C(Cc2ccc(O)cc2Cl)=CC1=O.CN1CCOc2ccc(O)cc21.Cl.Nc1ccc(O)cc1Cl. The average Bonchev–Trinajstić information content (AvgIpc) is 2.95. The number of rotatable bonds is 5. The maximum Gasteiger partial charge on any atom is 0.202 e. The molecule has 0 spiro atoms. The topological polar surface area (TPSA) is 157 Å². The number of carbonyl (C=O) groups is 2. The summed E-state index contributed by atoms with van der Waals surface area (Å²) in [6.45, 7) is 1.76. The monoisotopic (exact) mass is 745 g/mol. The van der Waals surface area contributed by atoms with Gasteiger partial charge < -0.3 is 40.7 Å². The highest BCUT2D eigenvalue weighted by Gasteiger charge is 2.23. The van der Waals surface area contributed by atoms with Gasteiger partial charge in [-0.15, -0.1) is 29.4 Å². The molecule has 0 amide bonds. The normalized spacial score (nSPS) is 13.1. The van der Waals surface area contributed by atoms with Crippen LogP contribution in [0.2, 0.25) is 10.0 Å². The highest BCUT2D eigenvalue weighted by molar-refractivity contribution is 8.93. The molecule has 0 radical (unpaired) electrons. The summed E-state index contributed by atoms with van der Waals surface area (Å²) < 4.78 is 5.40. The number of aliphatic hydroxyl groups excluding tert-OH is 1. The second-order valence-electron chi connectivity index (χ2n) is 9.65. The lowest BCUT2D eigenvalue weighted by Crippen LogP contribution is -2.29. The molecule has 0 saturated carbocycles. The number of benzene rings is 3. The number of aliphatic hydroxyl groups is 1. The summed E-state index contributed by atoms with van der Waals surface area (Å²) in [6.07, 6.45) is 2.80. The van der Waals surface area contributed by atoms with E-state index in [1.807, 2.05) is 7.05 Å². The van der Waals surface area contributed by atoms with Crippen LogP contribution >= 0.6 is 52.6 Å². The van der Waals surface area contributed by atoms with Crippen molar-refractivity contribution in [2.75, 3.05) is 51.0 Å². The number of ether oxygens (including phenoxy) is 1. The third kappa shape index (κ3) is 11.4. The molecule has 5 rings (SSSR count). The molecule has 0 unspecified atom stereocenters. The lowest BCUT2D eigenvalue weighted by atomic mass is 9.94. The molecule has 6 N–H and O–H groups in total. The second kappa shape index (κ2) is 18.4. The first kappa shape index (κ1) is 39.4. The molecule has 0 bridgehead atoms. The predicted molar refractivity (Wildman–Crippen MR) is 185 cm³/mol. The number of halogens is 4. The molecular formula is C31H35BrCl3N3O7. The number of carbonyl (C=O) groups excluding carboxylic acids is 2. The zero-order chi connectivity index (χ0) is 31.7. The first-order valence-corrected chi connectivity index (χ1v) is 13.9. The summed E-state index contributed by atoms with van der Waals surface area (Å²) >= 11 is 11.5. The van der Waals surface area contributed by atoms with Gasteiger partial charge in [0.05, 0.1) is 35.2 Å². The predicted octanol–water partition coefficient (Wildman–Crippen LogP) is 5.32. The van der Waals surface area contributed by atoms with Crippen molar-refractivity contribution in [3.63, 3.8) is 0 Å². The molecule has 10 nitrogen and oxygen atoms in total. The van der Waals surface area contributed by atoms with E-state index in [0.717, 1.165) is 18.0 Å². The van der Waals surface area contributed by atoms with Crippen molar-refractivity contribution in [2.45, 2.75) is 6.42 Å². The van der Waals surface area contributed by atoms with Crippen LogP contribution in [0.15, 0.2) is 78.0 Å². The van der Waals surface area contributed by atoms with Crippen LogP contribution < -0.4 is 15.4 Å². The Bertz CT molecular complexity index is 1550. The second-order valence-corrected chi connectivity index (χ2v) is 10.5. The molecule has 2 aliphatic rings. The number of hydrogen-bond acceptors (Lipinski definition) is 10. The van der Waals surface area contributed by atoms with E-state index in [0.29, 0.717) is 33.5 Å². The Morgan fingerprint density at radius 2 is 1.51 bits per heavy atom. The van der Waals surface area contributed by atoms with E-state index in [1.54, 1.807) is 42.3 Å². The summed E-state index contributed by atoms with van der Waals surface area (Å²) in [7, 11) is 3.63. The maximum absolute atomic E-state index is 12.2. The molecule has 45 heavy (non-hydrogen) atoms. The van der Waals surface area contributed by atoms with Crippen molar-refractivity contribution in [1.82, 2.24) is 4.90 Å². The van der Waals surface area contributed by atoms with Crippen LogP contribution in [0.3, 0.4) is 0 Å². The molecule has 0 fully saturated rings. The number of likely N-dealkylation sites (N-methyl/N-ethyl adjacent to an activating group) is 2. The number of ketones is 2. The van der Waals surface area contributed by atoms with E-state index in [1.165, 1.54) is 36.4 Å². The number of hydrogen-bond donors (Lipinski definition) is 5. The van der Waals surface area contributed by atoms with Crippen molar-refractivity contribution in [3.05, 3.63) is 93.6 Å². The minimum Gasteiger partial charge on any atom is -0.508 e. The number of fused-ring (bicyclic) bond motifs is 1. The number of nitrogens with zero attached hydrogens (tertiary/aromatic N) is 2. The van der Waals surface area contributed by atoms with Crippen molar-refractivity contribution < 1.29 is 34.8 Å². The lowest BCUT2D eigenvalue weighted by molar-refractivity contribution is -0.116. The highest BCUT2D eigenvalue weighted by Crippen LogP contribution is 2.33. The van der Waals surface area contributed by atoms with Gasteiger partial charge in [-0.2, -0.15) is 0 Å². The number of nitrogen functional groups attached to an aromatic ring is 1. The first-order chi connectivity index (χ1) is 20.4. The number of anilines is 2. The molecule has 1 aliphatic heterocycles. The first-order valence-electron chi connectivity index (χ1n) is 13.1. The fourth-order valence-electron chi connectivity index (χ4n) is 4.04. The number of aromatic hydroxyl groups is 3. The summed E-state index contributed by atoms with van der Waals surface area (Å²) in [4.78, 5) is 27.9. The van der Waals surface area contributed by atoms with Crippen LogP contribution in [0.1, 0.15) is 5.56 Å². The van der Waals surface area contributed by atoms with Gasteiger partial charge in [0.25, 0.3) is 0 Å². The van der Waals surface area contributed by atoms with E-state index in [9.17, 15) is 19.8 Å². The Balaban J connectivity index is 0.000000370. The fraction of sp³-hybridized carbons (Fsp3) is 0.226. The zero-order valence-electron chi connectivity index (χ0n) is 24.4. The van der Waals surface area contributed by atoms with E-state index in [2.05, 4.69) is 4.90 Å². The van der Waals surface area contributed by atoms with E-state index < -0.39 is 0 Å². The smallest absolute Gasteiger partial charge is 0.202 e. The Hall–Kier alpha value is -3.61. The molecule has 3 aromatic rings. The summed E-state index contributed by atoms with van der Waals surface area (Å²) in [6, 6.07) is 14.1. The standard InChI is InChI=1S/C16H16ClNO4.C9H11NO2.C6H6ClNO.BrH.ClH/c1-18(4-5-19)14-9-15(21)11(7-16(14)22)6-10-2-3-12(20)8-13(10)17;1-10-4-5-12-9-3-2-7(11)6-8(9)10;7-5-3-4(9)1-2-6(5)8;;/h2-3,7-9,19-20H,4-6H2,1H3;2-3,6,11H,4-5H2,1H3;1-3,9H,8H2;2*1H. The number of phenols is 3. The van der Waals surface area contributed by atoms with Gasteiger partial charge in [0.15, 0.2) is 5.78 Å². The van der Waals surface area contributed by atoms with E-state index in [4.69, 9.17) is 43.9 Å². The van der Waals surface area contributed by atoms with Gasteiger partial charge in [0.2, 0.25) is 5.78 Å². The molecule has 3 aromatic carbocycles. The van der Waals surface area contributed by atoms with Crippen molar-refractivity contribution in [1.29, 1.82) is 0 Å². The van der Waals surface area contributed by atoms with Crippen LogP contribution in [0.4, 0.5) is 11.4 Å². The summed E-state index contributed by atoms with van der Waals surface area (Å²) in [5.74, 6) is 0.771. The molecular weight excluding hydrogens is 713 g/mol. The molecule has 0 atom stereocenters. The van der Waals surface area contributed by atoms with Gasteiger partial charge in [-0.05, 0) is 48.0 Å². The van der Waals surface area contributed by atoms with Crippen LogP contribution in [-0.2, 0) is 16.0 Å². The van der Waals surface area contributed by atoms with Crippen LogP contribution in [0.5, 0.6) is 23.0 Å². The largest absolute Gasteiger partial charge is 0.508 e. The highest BCUT2D eigenvalue weighted by atomic mass is 79.9. The molecule has 244 valence electrons. The molecule has 1 heterocycles. The van der Waals surface area contributed by atoms with Crippen molar-refractivity contribution in [3.8, 4) is 23.0 Å². The third-order valence-corrected chi connectivity index (χ3v) is 7.11. The zero-order valence-corrected chi connectivity index (χ0v) is 28.5. The Kier molecular flexibility index (Phi) is 16.1. The van der Waals surface area contributed by atoms with Crippen molar-refractivity contribution in [2.24, 2.45) is 0 Å². The number of allylic oxidation sites excluding steroid dienone is 3. The Morgan fingerprint density at radius 3 is 2.11 bits per heavy atom.